The number of tetrazole rings is 1. The van der Waals surface area contributed by atoms with Crippen molar-refractivity contribution in [2.75, 3.05) is 0 Å². The number of hydrogen-bond acceptors (Lipinski definition) is 5. The van der Waals surface area contributed by atoms with Gasteiger partial charge >= 0.3 is 5.97 Å². The van der Waals surface area contributed by atoms with Gasteiger partial charge in [0.25, 0.3) is 0 Å². The molecule has 0 unspecified atom stereocenters. The first-order valence-electron chi connectivity index (χ1n) is 6.62. The Morgan fingerprint density at radius 3 is 2.85 bits per heavy atom. The first-order valence-corrected chi connectivity index (χ1v) is 6.62. The lowest BCUT2D eigenvalue weighted by Gasteiger charge is -2.23. The van der Waals surface area contributed by atoms with Gasteiger partial charge in [0.1, 0.15) is 0 Å². The maximum atomic E-state index is 11.6. The summed E-state index contributed by atoms with van der Waals surface area (Å²) in [5.74, 6) is -0.204. The van der Waals surface area contributed by atoms with Gasteiger partial charge in [0.2, 0.25) is 0 Å². The molecule has 0 aromatic carbocycles. The van der Waals surface area contributed by atoms with Crippen LogP contribution in [0.1, 0.15) is 31.4 Å². The van der Waals surface area contributed by atoms with E-state index >= 15 is 0 Å². The minimum Gasteiger partial charge on any atom is -0.481 e. The van der Waals surface area contributed by atoms with Crippen molar-refractivity contribution in [3.63, 3.8) is 0 Å². The third-order valence-electron chi connectivity index (χ3n) is 4.07. The van der Waals surface area contributed by atoms with Crippen molar-refractivity contribution in [3.05, 3.63) is 11.9 Å². The van der Waals surface area contributed by atoms with Gasteiger partial charge < -0.3 is 5.11 Å². The standard InChI is InChI=1S/C12H16N6O2/c1-8-9(6-13-14-8)10-15-16-17-18(10)7-12(11(19)20)4-2-3-5-12/h6H,2-5,7H2,1H3,(H,13,14)(H,19,20). The van der Waals surface area contributed by atoms with Crippen LogP contribution in [0, 0.1) is 12.3 Å². The number of H-pyrrole nitrogens is 1. The van der Waals surface area contributed by atoms with Crippen LogP contribution in [-0.2, 0) is 11.3 Å². The van der Waals surface area contributed by atoms with E-state index in [1.54, 1.807) is 10.9 Å². The first kappa shape index (κ1) is 12.8. The molecule has 0 bridgehead atoms. The van der Waals surface area contributed by atoms with Crippen molar-refractivity contribution in [1.29, 1.82) is 0 Å². The van der Waals surface area contributed by atoms with E-state index in [1.807, 2.05) is 6.92 Å². The molecule has 8 nitrogen and oxygen atoms in total. The molecule has 0 atom stereocenters. The van der Waals surface area contributed by atoms with Gasteiger partial charge in [0.15, 0.2) is 5.82 Å². The fourth-order valence-electron chi connectivity index (χ4n) is 2.86. The molecule has 1 saturated carbocycles. The van der Waals surface area contributed by atoms with Crippen LogP contribution < -0.4 is 0 Å². The summed E-state index contributed by atoms with van der Waals surface area (Å²) >= 11 is 0. The van der Waals surface area contributed by atoms with Gasteiger partial charge in [-0.25, -0.2) is 4.68 Å². The Morgan fingerprint density at radius 1 is 1.50 bits per heavy atom. The molecule has 0 amide bonds. The minimum atomic E-state index is -0.764. The number of aryl methyl sites for hydroxylation is 1. The number of rotatable bonds is 4. The first-order chi connectivity index (χ1) is 9.62. The third kappa shape index (κ3) is 1.97. The molecule has 0 saturated heterocycles. The molecular formula is C12H16N6O2. The zero-order chi connectivity index (χ0) is 14.2. The molecule has 1 fully saturated rings. The molecule has 20 heavy (non-hydrogen) atoms. The molecule has 1 aliphatic rings. The summed E-state index contributed by atoms with van der Waals surface area (Å²) in [7, 11) is 0. The molecule has 0 aliphatic heterocycles. The van der Waals surface area contributed by atoms with Crippen LogP contribution >= 0.6 is 0 Å². The second-order valence-corrected chi connectivity index (χ2v) is 5.36. The Morgan fingerprint density at radius 2 is 2.25 bits per heavy atom. The summed E-state index contributed by atoms with van der Waals surface area (Å²) in [5.41, 5.74) is 0.910. The van der Waals surface area contributed by atoms with E-state index in [0.29, 0.717) is 25.2 Å². The van der Waals surface area contributed by atoms with Crippen molar-refractivity contribution >= 4 is 5.97 Å². The maximum absolute atomic E-state index is 11.6. The number of nitrogens with zero attached hydrogens (tertiary/aromatic N) is 5. The lowest BCUT2D eigenvalue weighted by atomic mass is 9.86. The SMILES string of the molecule is Cc1[nH]ncc1-c1nnnn1CC1(C(=O)O)CCCC1. The highest BCUT2D eigenvalue weighted by Gasteiger charge is 2.42. The maximum Gasteiger partial charge on any atom is 0.311 e. The van der Waals surface area contributed by atoms with Crippen molar-refractivity contribution in [3.8, 4) is 11.4 Å². The van der Waals surface area contributed by atoms with E-state index in [1.165, 1.54) is 0 Å². The summed E-state index contributed by atoms with van der Waals surface area (Å²) in [6.07, 6.45) is 4.88. The molecule has 2 aromatic rings. The predicted molar refractivity (Wildman–Crippen MR) is 68.7 cm³/mol. The van der Waals surface area contributed by atoms with Gasteiger partial charge in [0.05, 0.1) is 23.7 Å². The highest BCUT2D eigenvalue weighted by molar-refractivity contribution is 5.75. The molecule has 8 heteroatoms. The molecule has 0 spiro atoms. The number of aromatic amines is 1. The lowest BCUT2D eigenvalue weighted by molar-refractivity contribution is -0.149. The topological polar surface area (TPSA) is 110 Å². The fraction of sp³-hybridized carbons (Fsp3) is 0.583. The summed E-state index contributed by atoms with van der Waals surface area (Å²) in [6, 6.07) is 0. The lowest BCUT2D eigenvalue weighted by Crippen LogP contribution is -2.33. The fourth-order valence-corrected chi connectivity index (χ4v) is 2.86. The van der Waals surface area contributed by atoms with E-state index < -0.39 is 11.4 Å². The predicted octanol–water partition coefficient (Wildman–Crippen LogP) is 1.02. The Balaban J connectivity index is 1.94. The van der Waals surface area contributed by atoms with E-state index in [9.17, 15) is 9.90 Å². The zero-order valence-corrected chi connectivity index (χ0v) is 11.2. The molecule has 0 radical (unpaired) electrons. The van der Waals surface area contributed by atoms with Gasteiger partial charge in [-0.05, 0) is 30.2 Å². The van der Waals surface area contributed by atoms with Crippen LogP contribution in [0.2, 0.25) is 0 Å². The van der Waals surface area contributed by atoms with Gasteiger partial charge in [-0.3, -0.25) is 9.89 Å². The number of aliphatic carboxylic acids is 1. The van der Waals surface area contributed by atoms with Crippen LogP contribution in [0.15, 0.2) is 6.20 Å². The van der Waals surface area contributed by atoms with Crippen molar-refractivity contribution < 1.29 is 9.90 Å². The largest absolute Gasteiger partial charge is 0.481 e. The molecular weight excluding hydrogens is 260 g/mol. The number of nitrogens with one attached hydrogen (secondary N) is 1. The highest BCUT2D eigenvalue weighted by Crippen LogP contribution is 2.40. The number of hydrogen-bond donors (Lipinski definition) is 2. The van der Waals surface area contributed by atoms with Crippen LogP contribution in [0.3, 0.4) is 0 Å². The average Bonchev–Trinajstić information content (AvgIpc) is 3.11. The molecule has 106 valence electrons. The van der Waals surface area contributed by atoms with Crippen molar-refractivity contribution in [1.82, 2.24) is 30.4 Å². The number of carbonyl (C=O) groups is 1. The van der Waals surface area contributed by atoms with Gasteiger partial charge in [-0.15, -0.1) is 5.10 Å². The van der Waals surface area contributed by atoms with Crippen molar-refractivity contribution in [2.24, 2.45) is 5.41 Å². The Bertz CT molecular complexity index is 625. The quantitative estimate of drug-likeness (QED) is 0.862. The number of carboxylic acids is 1. The summed E-state index contributed by atoms with van der Waals surface area (Å²) in [5, 5.41) is 28.0. The van der Waals surface area contributed by atoms with Crippen LogP contribution in [0.25, 0.3) is 11.4 Å². The molecule has 1 aliphatic carbocycles. The van der Waals surface area contributed by atoms with E-state index in [2.05, 4.69) is 25.7 Å². The van der Waals surface area contributed by atoms with Gasteiger partial charge in [-0.2, -0.15) is 5.10 Å². The second kappa shape index (κ2) is 4.69. The summed E-state index contributed by atoms with van der Waals surface area (Å²) in [6.45, 7) is 2.18. The highest BCUT2D eigenvalue weighted by atomic mass is 16.4. The third-order valence-corrected chi connectivity index (χ3v) is 4.07. The Kier molecular flexibility index (Phi) is 3.00. The number of aromatic nitrogens is 6. The molecule has 2 aromatic heterocycles. The molecule has 3 rings (SSSR count). The van der Waals surface area contributed by atoms with Gasteiger partial charge in [-0.1, -0.05) is 12.8 Å². The van der Waals surface area contributed by atoms with Crippen LogP contribution in [-0.4, -0.2) is 41.5 Å². The Hall–Kier alpha value is -2.25. The van der Waals surface area contributed by atoms with E-state index in [4.69, 9.17) is 0 Å². The normalized spacial score (nSPS) is 17.4. The summed E-state index contributed by atoms with van der Waals surface area (Å²) < 4.78 is 1.58. The van der Waals surface area contributed by atoms with Crippen molar-refractivity contribution in [2.45, 2.75) is 39.2 Å². The number of carboxylic acid groups (broad SMARTS) is 1. The second-order valence-electron chi connectivity index (χ2n) is 5.36. The van der Waals surface area contributed by atoms with E-state index in [-0.39, 0.29) is 0 Å². The zero-order valence-electron chi connectivity index (χ0n) is 11.2. The minimum absolute atomic E-state index is 0.301. The monoisotopic (exact) mass is 276 g/mol. The van der Waals surface area contributed by atoms with E-state index in [0.717, 1.165) is 24.1 Å². The Labute approximate surface area is 115 Å². The summed E-state index contributed by atoms with van der Waals surface area (Å²) in [4.78, 5) is 11.6. The molecule has 2 N–H and O–H groups in total. The van der Waals surface area contributed by atoms with Crippen LogP contribution in [0.5, 0.6) is 0 Å². The van der Waals surface area contributed by atoms with Gasteiger partial charge in [0, 0.05) is 5.69 Å². The van der Waals surface area contributed by atoms with Crippen LogP contribution in [0.4, 0.5) is 0 Å². The molecule has 2 heterocycles. The average molecular weight is 276 g/mol. The smallest absolute Gasteiger partial charge is 0.311 e.